The molecule has 0 spiro atoms. The van der Waals surface area contributed by atoms with Crippen LogP contribution in [0.1, 0.15) is 0 Å². The summed E-state index contributed by atoms with van der Waals surface area (Å²) in [6, 6.07) is 0. The van der Waals surface area contributed by atoms with E-state index in [0.717, 1.165) is 16.6 Å². The Morgan fingerprint density at radius 1 is 0.600 bits per heavy atom. The molecule has 0 radical (unpaired) electrons. The molecule has 0 saturated heterocycles. The minimum absolute atomic E-state index is 1.05. The number of hydrogen-bond acceptors (Lipinski definition) is 6. The van der Waals surface area contributed by atoms with Gasteiger partial charge >= 0.3 is 0 Å². The Bertz CT molecular complexity index is 585. The van der Waals surface area contributed by atoms with Crippen LogP contribution in [0.2, 0.25) is 0 Å². The molecule has 6 heteroatoms. The summed E-state index contributed by atoms with van der Waals surface area (Å²) < 4.78 is 3.55. The number of rotatable bonds is 0. The number of benzene rings is 1. The summed E-state index contributed by atoms with van der Waals surface area (Å²) in [5.74, 6) is 0. The Hall–Kier alpha value is -1.11. The molecule has 3 heterocycles. The Morgan fingerprint density at radius 3 is 1.27 bits per heavy atom. The van der Waals surface area contributed by atoms with Crippen LogP contribution in [-0.2, 0) is 0 Å². The van der Waals surface area contributed by atoms with E-state index in [9.17, 15) is 0 Å². The van der Waals surface area contributed by atoms with Gasteiger partial charge in [-0.3, -0.25) is 0 Å². The lowest BCUT2D eigenvalue weighted by Gasteiger charge is -1.92. The second-order valence-electron chi connectivity index (χ2n) is 3.09. The fraction of sp³-hybridized carbons (Fsp3) is 0. The Balaban J connectivity index is 2.56. The minimum atomic E-state index is 1.05. The third-order valence-corrected chi connectivity index (χ3v) is 4.85. The number of thiazole rings is 3. The summed E-state index contributed by atoms with van der Waals surface area (Å²) in [6.07, 6.45) is 0. The van der Waals surface area contributed by atoms with E-state index in [1.54, 1.807) is 34.0 Å². The first-order valence-corrected chi connectivity index (χ1v) is 6.90. The van der Waals surface area contributed by atoms with E-state index in [1.165, 1.54) is 14.1 Å². The highest BCUT2D eigenvalue weighted by Gasteiger charge is 2.14. The zero-order valence-corrected chi connectivity index (χ0v) is 9.75. The van der Waals surface area contributed by atoms with Crippen LogP contribution >= 0.6 is 34.0 Å². The van der Waals surface area contributed by atoms with Crippen molar-refractivity contribution in [2.24, 2.45) is 0 Å². The van der Waals surface area contributed by atoms with Crippen LogP contribution in [-0.4, -0.2) is 15.0 Å². The summed E-state index contributed by atoms with van der Waals surface area (Å²) in [7, 11) is 0. The number of fused-ring (bicyclic) bond motifs is 6. The molecular weight excluding hydrogens is 246 g/mol. The molecule has 0 bridgehead atoms. The van der Waals surface area contributed by atoms with E-state index >= 15 is 0 Å². The zero-order chi connectivity index (χ0) is 9.83. The number of hydrogen-bond donors (Lipinski definition) is 0. The van der Waals surface area contributed by atoms with Gasteiger partial charge in [0.05, 0.1) is 30.6 Å². The molecule has 4 aromatic rings. The maximum Gasteiger partial charge on any atom is 0.103 e. The second kappa shape index (κ2) is 2.72. The smallest absolute Gasteiger partial charge is 0.103 e. The standard InChI is InChI=1S/C9H3N3S3/c1-10-4-7(13-1)5-9(15-2-11-5)6-8(4)14-3-12-6/h1-3H. The molecular formula is C9H3N3S3. The maximum atomic E-state index is 4.40. The van der Waals surface area contributed by atoms with Gasteiger partial charge in [-0.15, -0.1) is 34.0 Å². The molecule has 1 aromatic carbocycles. The quantitative estimate of drug-likeness (QED) is 0.478. The van der Waals surface area contributed by atoms with Crippen molar-refractivity contribution in [2.75, 3.05) is 0 Å². The summed E-state index contributed by atoms with van der Waals surface area (Å²) in [5.41, 5.74) is 8.79. The zero-order valence-electron chi connectivity index (χ0n) is 7.30. The van der Waals surface area contributed by atoms with E-state index in [-0.39, 0.29) is 0 Å². The van der Waals surface area contributed by atoms with Gasteiger partial charge in [-0.05, 0) is 0 Å². The van der Waals surface area contributed by atoms with Crippen molar-refractivity contribution in [3.63, 3.8) is 0 Å². The molecule has 0 atom stereocenters. The highest BCUT2D eigenvalue weighted by Crippen LogP contribution is 2.38. The fourth-order valence-electron chi connectivity index (χ4n) is 1.73. The summed E-state index contributed by atoms with van der Waals surface area (Å²) in [4.78, 5) is 13.2. The topological polar surface area (TPSA) is 38.7 Å². The van der Waals surface area contributed by atoms with Crippen LogP contribution in [0.15, 0.2) is 16.5 Å². The van der Waals surface area contributed by atoms with Crippen LogP contribution in [0.3, 0.4) is 0 Å². The average molecular weight is 249 g/mol. The van der Waals surface area contributed by atoms with Gasteiger partial charge in [-0.2, -0.15) is 0 Å². The minimum Gasteiger partial charge on any atom is -0.243 e. The Labute approximate surface area is 96.1 Å². The predicted molar refractivity (Wildman–Crippen MR) is 66.0 cm³/mol. The van der Waals surface area contributed by atoms with Crippen molar-refractivity contribution in [2.45, 2.75) is 0 Å². The van der Waals surface area contributed by atoms with Crippen molar-refractivity contribution in [1.82, 2.24) is 15.0 Å². The van der Waals surface area contributed by atoms with Crippen molar-refractivity contribution in [3.8, 4) is 0 Å². The van der Waals surface area contributed by atoms with Crippen molar-refractivity contribution in [1.29, 1.82) is 0 Å². The maximum absolute atomic E-state index is 4.40. The summed E-state index contributed by atoms with van der Waals surface area (Å²) in [5, 5.41) is 0. The second-order valence-corrected chi connectivity index (χ2v) is 5.65. The molecule has 4 rings (SSSR count). The van der Waals surface area contributed by atoms with E-state index in [2.05, 4.69) is 15.0 Å². The molecule has 0 unspecified atom stereocenters. The van der Waals surface area contributed by atoms with Crippen LogP contribution in [0.5, 0.6) is 0 Å². The largest absolute Gasteiger partial charge is 0.243 e. The number of aromatic nitrogens is 3. The van der Waals surface area contributed by atoms with Crippen molar-refractivity contribution in [3.05, 3.63) is 16.5 Å². The van der Waals surface area contributed by atoms with Crippen LogP contribution in [0, 0.1) is 0 Å². The highest BCUT2D eigenvalue weighted by atomic mass is 32.1. The molecule has 15 heavy (non-hydrogen) atoms. The average Bonchev–Trinajstić information content (AvgIpc) is 2.97. The fourth-order valence-corrected chi connectivity index (χ4v) is 4.31. The first kappa shape index (κ1) is 8.09. The van der Waals surface area contributed by atoms with Gasteiger partial charge in [0.25, 0.3) is 0 Å². The van der Waals surface area contributed by atoms with Gasteiger partial charge in [0.2, 0.25) is 0 Å². The third-order valence-electron chi connectivity index (χ3n) is 2.35. The lowest BCUT2D eigenvalue weighted by molar-refractivity contribution is 1.49. The first-order valence-electron chi connectivity index (χ1n) is 4.26. The first-order chi connectivity index (χ1) is 7.45. The molecule has 3 nitrogen and oxygen atoms in total. The van der Waals surface area contributed by atoms with E-state index in [4.69, 9.17) is 0 Å². The molecule has 0 amide bonds. The van der Waals surface area contributed by atoms with E-state index in [0.29, 0.717) is 0 Å². The SMILES string of the molecule is c1nc2c(s1)c1ncsc1c1ncsc21. The van der Waals surface area contributed by atoms with Gasteiger partial charge in [-0.1, -0.05) is 0 Å². The Kier molecular flexibility index (Phi) is 1.47. The normalized spacial score (nSPS) is 12.0. The van der Waals surface area contributed by atoms with Crippen LogP contribution < -0.4 is 0 Å². The lowest BCUT2D eigenvalue weighted by Crippen LogP contribution is -1.74. The van der Waals surface area contributed by atoms with Gasteiger partial charge < -0.3 is 0 Å². The molecule has 0 aliphatic carbocycles. The molecule has 3 aromatic heterocycles. The van der Waals surface area contributed by atoms with Gasteiger partial charge in [-0.25, -0.2) is 15.0 Å². The van der Waals surface area contributed by atoms with E-state index < -0.39 is 0 Å². The summed E-state index contributed by atoms with van der Waals surface area (Å²) in [6.45, 7) is 0. The third kappa shape index (κ3) is 0.914. The van der Waals surface area contributed by atoms with E-state index in [1.807, 2.05) is 16.5 Å². The Morgan fingerprint density at radius 2 is 0.933 bits per heavy atom. The molecule has 0 aliphatic rings. The predicted octanol–water partition coefficient (Wildman–Crippen LogP) is 3.52. The van der Waals surface area contributed by atoms with Crippen molar-refractivity contribution < 1.29 is 0 Å². The van der Waals surface area contributed by atoms with Crippen molar-refractivity contribution >= 4 is 64.7 Å². The summed E-state index contributed by atoms with van der Waals surface area (Å²) >= 11 is 4.95. The molecule has 0 fully saturated rings. The van der Waals surface area contributed by atoms with Gasteiger partial charge in [0.1, 0.15) is 16.6 Å². The molecule has 0 aliphatic heterocycles. The van der Waals surface area contributed by atoms with Gasteiger partial charge in [0.15, 0.2) is 0 Å². The highest BCUT2D eigenvalue weighted by molar-refractivity contribution is 7.24. The number of nitrogens with zero attached hydrogens (tertiary/aromatic N) is 3. The monoisotopic (exact) mass is 249 g/mol. The van der Waals surface area contributed by atoms with Crippen LogP contribution in [0.25, 0.3) is 30.6 Å². The molecule has 0 saturated carbocycles. The van der Waals surface area contributed by atoms with Gasteiger partial charge in [0, 0.05) is 0 Å². The van der Waals surface area contributed by atoms with Crippen LogP contribution in [0.4, 0.5) is 0 Å². The lowest BCUT2D eigenvalue weighted by atomic mass is 10.3. The molecule has 72 valence electrons. The molecule has 0 N–H and O–H groups in total.